The number of carbonyl (C=O) groups is 2. The largest absolute Gasteiger partial charge is 0.493 e. The Hall–Kier alpha value is -3.02. The van der Waals surface area contributed by atoms with Crippen molar-refractivity contribution in [2.45, 2.75) is 19.8 Å². The van der Waals surface area contributed by atoms with Crippen molar-refractivity contribution < 1.29 is 19.1 Å². The van der Waals surface area contributed by atoms with Crippen molar-refractivity contribution in [2.75, 3.05) is 27.3 Å². The molecule has 2 amide bonds. The van der Waals surface area contributed by atoms with Crippen molar-refractivity contribution in [1.82, 2.24) is 10.6 Å². The number of carbonyl (C=O) groups excluding carboxylic acids is 2. The van der Waals surface area contributed by atoms with Crippen LogP contribution in [0.2, 0.25) is 0 Å². The van der Waals surface area contributed by atoms with Crippen molar-refractivity contribution in [3.63, 3.8) is 0 Å². The molecule has 6 heteroatoms. The molecule has 0 spiro atoms. The smallest absolute Gasteiger partial charge is 0.239 e. The SMILES string of the molecule is COc1ccc(CCNC(=O)CNC(=O)Cc2cccc(C)c2)cc1OC. The van der Waals surface area contributed by atoms with Gasteiger partial charge >= 0.3 is 0 Å². The van der Waals surface area contributed by atoms with Gasteiger partial charge in [-0.15, -0.1) is 0 Å². The number of amides is 2. The lowest BCUT2D eigenvalue weighted by Gasteiger charge is -2.10. The van der Waals surface area contributed by atoms with Crippen LogP contribution in [-0.2, 0) is 22.4 Å². The maximum Gasteiger partial charge on any atom is 0.239 e. The number of hydrogen-bond acceptors (Lipinski definition) is 4. The summed E-state index contributed by atoms with van der Waals surface area (Å²) in [5.41, 5.74) is 3.06. The van der Waals surface area contributed by atoms with Crippen LogP contribution in [0.3, 0.4) is 0 Å². The summed E-state index contributed by atoms with van der Waals surface area (Å²) >= 11 is 0. The van der Waals surface area contributed by atoms with Gasteiger partial charge in [0, 0.05) is 6.54 Å². The van der Waals surface area contributed by atoms with Crippen LogP contribution in [0, 0.1) is 6.92 Å². The molecule has 0 aliphatic rings. The summed E-state index contributed by atoms with van der Waals surface area (Å²) in [7, 11) is 3.17. The highest BCUT2D eigenvalue weighted by Gasteiger charge is 2.08. The second kappa shape index (κ2) is 10.2. The van der Waals surface area contributed by atoms with Crippen LogP contribution in [0.1, 0.15) is 16.7 Å². The zero-order valence-corrected chi connectivity index (χ0v) is 16.0. The van der Waals surface area contributed by atoms with E-state index >= 15 is 0 Å². The van der Waals surface area contributed by atoms with Gasteiger partial charge in [0.25, 0.3) is 0 Å². The summed E-state index contributed by atoms with van der Waals surface area (Å²) in [4.78, 5) is 23.8. The molecule has 0 heterocycles. The molecule has 0 bridgehead atoms. The third-order valence-corrected chi connectivity index (χ3v) is 4.08. The standard InChI is InChI=1S/C21H26N2O4/c1-15-5-4-6-17(11-15)13-20(24)23-14-21(25)22-10-9-16-7-8-18(26-2)19(12-16)27-3/h4-8,11-12H,9-10,13-14H2,1-3H3,(H,22,25)(H,23,24). The Kier molecular flexibility index (Phi) is 7.67. The Morgan fingerprint density at radius 2 is 1.67 bits per heavy atom. The summed E-state index contributed by atoms with van der Waals surface area (Å²) in [6, 6.07) is 13.4. The minimum Gasteiger partial charge on any atom is -0.493 e. The molecule has 2 aromatic rings. The molecule has 2 aromatic carbocycles. The van der Waals surface area contributed by atoms with Crippen LogP contribution in [-0.4, -0.2) is 39.1 Å². The summed E-state index contributed by atoms with van der Waals surface area (Å²) in [6.07, 6.45) is 0.921. The topological polar surface area (TPSA) is 76.7 Å². The Balaban J connectivity index is 1.71. The fourth-order valence-corrected chi connectivity index (χ4v) is 2.69. The van der Waals surface area contributed by atoms with Crippen LogP contribution < -0.4 is 20.1 Å². The molecule has 27 heavy (non-hydrogen) atoms. The van der Waals surface area contributed by atoms with Crippen molar-refractivity contribution in [3.05, 3.63) is 59.2 Å². The summed E-state index contributed by atoms with van der Waals surface area (Å²) < 4.78 is 10.5. The quantitative estimate of drug-likeness (QED) is 0.708. The molecule has 0 saturated carbocycles. The molecule has 0 atom stereocenters. The van der Waals surface area contributed by atoms with Crippen LogP contribution in [0.15, 0.2) is 42.5 Å². The molecular weight excluding hydrogens is 344 g/mol. The molecule has 0 radical (unpaired) electrons. The van der Waals surface area contributed by atoms with Gasteiger partial charge in [0.05, 0.1) is 27.2 Å². The highest BCUT2D eigenvalue weighted by atomic mass is 16.5. The second-order valence-electron chi connectivity index (χ2n) is 6.23. The van der Waals surface area contributed by atoms with E-state index in [1.54, 1.807) is 14.2 Å². The van der Waals surface area contributed by atoms with E-state index < -0.39 is 0 Å². The van der Waals surface area contributed by atoms with Crippen LogP contribution in [0.25, 0.3) is 0 Å². The highest BCUT2D eigenvalue weighted by molar-refractivity contribution is 5.85. The molecular formula is C21H26N2O4. The average molecular weight is 370 g/mol. The van der Waals surface area contributed by atoms with Gasteiger partial charge in [0.2, 0.25) is 11.8 Å². The first-order valence-corrected chi connectivity index (χ1v) is 8.81. The van der Waals surface area contributed by atoms with E-state index in [1.165, 1.54) is 0 Å². The molecule has 0 aliphatic carbocycles. The maximum absolute atomic E-state index is 11.9. The van der Waals surface area contributed by atoms with E-state index in [0.717, 1.165) is 16.7 Å². The lowest BCUT2D eigenvalue weighted by Crippen LogP contribution is -2.38. The van der Waals surface area contributed by atoms with Crippen molar-refractivity contribution >= 4 is 11.8 Å². The number of aryl methyl sites for hydroxylation is 1. The zero-order valence-electron chi connectivity index (χ0n) is 16.0. The minimum atomic E-state index is -0.215. The maximum atomic E-state index is 11.9. The molecule has 6 nitrogen and oxygen atoms in total. The number of benzene rings is 2. The summed E-state index contributed by atoms with van der Waals surface area (Å²) in [6.45, 7) is 2.42. The lowest BCUT2D eigenvalue weighted by atomic mass is 10.1. The monoisotopic (exact) mass is 370 g/mol. The van der Waals surface area contributed by atoms with Crippen molar-refractivity contribution in [2.24, 2.45) is 0 Å². The van der Waals surface area contributed by atoms with E-state index in [2.05, 4.69) is 10.6 Å². The Bertz CT molecular complexity index is 790. The Labute approximate surface area is 159 Å². The normalized spacial score (nSPS) is 10.2. The molecule has 2 rings (SSSR count). The Morgan fingerprint density at radius 1 is 0.889 bits per heavy atom. The molecule has 144 valence electrons. The summed E-state index contributed by atoms with van der Waals surface area (Å²) in [5.74, 6) is 0.940. The van der Waals surface area contributed by atoms with Gasteiger partial charge in [-0.3, -0.25) is 9.59 Å². The van der Waals surface area contributed by atoms with E-state index in [9.17, 15) is 9.59 Å². The van der Waals surface area contributed by atoms with Crippen LogP contribution in [0.4, 0.5) is 0 Å². The first-order chi connectivity index (χ1) is 13.0. The van der Waals surface area contributed by atoms with Gasteiger partial charge in [-0.1, -0.05) is 35.9 Å². The van der Waals surface area contributed by atoms with E-state index in [-0.39, 0.29) is 24.8 Å². The predicted octanol–water partition coefficient (Wildman–Crippen LogP) is 2.03. The van der Waals surface area contributed by atoms with Crippen LogP contribution >= 0.6 is 0 Å². The van der Waals surface area contributed by atoms with Gasteiger partial charge in [0.1, 0.15) is 0 Å². The van der Waals surface area contributed by atoms with Gasteiger partial charge in [0.15, 0.2) is 11.5 Å². The number of methoxy groups -OCH3 is 2. The van der Waals surface area contributed by atoms with Crippen molar-refractivity contribution in [1.29, 1.82) is 0 Å². The number of hydrogen-bond donors (Lipinski definition) is 2. The lowest BCUT2D eigenvalue weighted by molar-refractivity contribution is -0.125. The van der Waals surface area contributed by atoms with Gasteiger partial charge in [-0.05, 0) is 36.6 Å². The predicted molar refractivity (Wildman–Crippen MR) is 104 cm³/mol. The van der Waals surface area contributed by atoms with Gasteiger partial charge in [-0.25, -0.2) is 0 Å². The van der Waals surface area contributed by atoms with Crippen molar-refractivity contribution in [3.8, 4) is 11.5 Å². The first-order valence-electron chi connectivity index (χ1n) is 8.81. The van der Waals surface area contributed by atoms with E-state index in [1.807, 2.05) is 49.4 Å². The zero-order chi connectivity index (χ0) is 19.6. The van der Waals surface area contributed by atoms with E-state index in [4.69, 9.17) is 9.47 Å². The van der Waals surface area contributed by atoms with E-state index in [0.29, 0.717) is 24.5 Å². The third-order valence-electron chi connectivity index (χ3n) is 4.08. The third kappa shape index (κ3) is 6.66. The highest BCUT2D eigenvalue weighted by Crippen LogP contribution is 2.27. The van der Waals surface area contributed by atoms with Gasteiger partial charge < -0.3 is 20.1 Å². The fraction of sp³-hybridized carbons (Fsp3) is 0.333. The summed E-state index contributed by atoms with van der Waals surface area (Å²) in [5, 5.41) is 5.44. The molecule has 0 fully saturated rings. The number of rotatable bonds is 9. The second-order valence-corrected chi connectivity index (χ2v) is 6.23. The number of ether oxygens (including phenoxy) is 2. The molecule has 2 N–H and O–H groups in total. The molecule has 0 aliphatic heterocycles. The molecule has 0 unspecified atom stereocenters. The molecule has 0 aromatic heterocycles. The average Bonchev–Trinajstić information content (AvgIpc) is 2.66. The minimum absolute atomic E-state index is 0.0312. The Morgan fingerprint density at radius 3 is 2.37 bits per heavy atom. The van der Waals surface area contributed by atoms with Crippen LogP contribution in [0.5, 0.6) is 11.5 Å². The van der Waals surface area contributed by atoms with Gasteiger partial charge in [-0.2, -0.15) is 0 Å². The molecule has 0 saturated heterocycles. The number of nitrogens with one attached hydrogen (secondary N) is 2. The fourth-order valence-electron chi connectivity index (χ4n) is 2.69. The first kappa shape index (κ1) is 20.3.